The minimum Gasteiger partial charge on any atom is -0.0895 e. The molecular weight excluding hydrogens is 232 g/mol. The van der Waals surface area contributed by atoms with Gasteiger partial charge in [0.15, 0.2) is 0 Å². The molecule has 2 heteroatoms. The van der Waals surface area contributed by atoms with Gasteiger partial charge in [-0.2, -0.15) is 0 Å². The molecule has 0 saturated carbocycles. The molecule has 0 aromatic carbocycles. The van der Waals surface area contributed by atoms with Gasteiger partial charge in [-0.25, -0.2) is 0 Å². The monoisotopic (exact) mass is 244 g/mol. The Bertz CT molecular complexity index is 485. The smallest absolute Gasteiger partial charge is 0.0496 e. The third-order valence-corrected chi connectivity index (χ3v) is 4.99. The fourth-order valence-corrected chi connectivity index (χ4v) is 4.07. The summed E-state index contributed by atoms with van der Waals surface area (Å²) in [5, 5.41) is 2.28. The highest BCUT2D eigenvalue weighted by Crippen LogP contribution is 2.48. The zero-order valence-corrected chi connectivity index (χ0v) is 10.5. The van der Waals surface area contributed by atoms with Crippen LogP contribution in [0.4, 0.5) is 0 Å². The maximum absolute atomic E-state index is 2.31. The number of hydrogen-bond donors (Lipinski definition) is 0. The molecule has 80 valence electrons. The fourth-order valence-electron chi connectivity index (χ4n) is 1.82. The lowest BCUT2D eigenvalue weighted by atomic mass is 10.2. The molecule has 0 bridgehead atoms. The maximum atomic E-state index is 2.31. The predicted molar refractivity (Wildman–Crippen MR) is 75.0 cm³/mol. The highest BCUT2D eigenvalue weighted by atomic mass is 32.2. The van der Waals surface area contributed by atoms with Crippen molar-refractivity contribution in [3.8, 4) is 0 Å². The van der Waals surface area contributed by atoms with Crippen molar-refractivity contribution in [2.45, 2.75) is 12.8 Å². The topological polar surface area (TPSA) is 0 Å². The van der Waals surface area contributed by atoms with Gasteiger partial charge in [0, 0.05) is 9.14 Å². The SMILES string of the molecule is C1=CCC(/C=C2\SC=C(C3=CC=CC3)S2)=C1. The predicted octanol–water partition coefficient (Wildman–Crippen LogP) is 4.92. The molecule has 0 nitrogen and oxygen atoms in total. The van der Waals surface area contributed by atoms with Gasteiger partial charge in [-0.15, -0.1) is 0 Å². The number of rotatable bonds is 2. The van der Waals surface area contributed by atoms with Crippen LogP contribution in [0.5, 0.6) is 0 Å². The van der Waals surface area contributed by atoms with E-state index in [-0.39, 0.29) is 0 Å². The second kappa shape index (κ2) is 4.56. The molecule has 0 unspecified atom stereocenters. The molecule has 0 atom stereocenters. The van der Waals surface area contributed by atoms with Gasteiger partial charge in [-0.1, -0.05) is 60.0 Å². The molecule has 1 heterocycles. The molecule has 2 aliphatic carbocycles. The van der Waals surface area contributed by atoms with Gasteiger partial charge in [-0.05, 0) is 35.5 Å². The van der Waals surface area contributed by atoms with Gasteiger partial charge in [0.1, 0.15) is 0 Å². The van der Waals surface area contributed by atoms with Crippen molar-refractivity contribution < 1.29 is 0 Å². The molecule has 3 rings (SSSR count). The number of allylic oxidation sites excluding steroid dienone is 9. The molecule has 0 saturated heterocycles. The van der Waals surface area contributed by atoms with Crippen LogP contribution in [0.2, 0.25) is 0 Å². The van der Waals surface area contributed by atoms with Crippen molar-refractivity contribution >= 4 is 23.5 Å². The van der Waals surface area contributed by atoms with E-state index in [0.29, 0.717) is 0 Å². The summed E-state index contributed by atoms with van der Waals surface area (Å²) >= 11 is 3.75. The van der Waals surface area contributed by atoms with Crippen molar-refractivity contribution in [3.63, 3.8) is 0 Å². The van der Waals surface area contributed by atoms with E-state index in [1.807, 2.05) is 23.5 Å². The summed E-state index contributed by atoms with van der Waals surface area (Å²) in [7, 11) is 0. The highest BCUT2D eigenvalue weighted by molar-refractivity contribution is 8.28. The molecule has 0 fully saturated rings. The second-order valence-corrected chi connectivity index (χ2v) is 6.12. The van der Waals surface area contributed by atoms with Crippen LogP contribution in [0.15, 0.2) is 68.2 Å². The fraction of sp³-hybridized carbons (Fsp3) is 0.143. The Morgan fingerprint density at radius 1 is 1.06 bits per heavy atom. The summed E-state index contributed by atoms with van der Waals surface area (Å²) in [5.74, 6) is 0. The first-order valence-electron chi connectivity index (χ1n) is 5.40. The molecule has 0 aromatic rings. The van der Waals surface area contributed by atoms with E-state index in [1.165, 1.54) is 20.3 Å². The van der Waals surface area contributed by atoms with Crippen molar-refractivity contribution in [1.82, 2.24) is 0 Å². The zero-order chi connectivity index (χ0) is 10.8. The Hall–Kier alpha value is -0.860. The van der Waals surface area contributed by atoms with E-state index >= 15 is 0 Å². The third kappa shape index (κ3) is 2.13. The minimum absolute atomic E-state index is 1.09. The Labute approximate surface area is 105 Å². The van der Waals surface area contributed by atoms with Gasteiger partial charge in [0.25, 0.3) is 0 Å². The van der Waals surface area contributed by atoms with Crippen LogP contribution in [-0.2, 0) is 0 Å². The summed E-state index contributed by atoms with van der Waals surface area (Å²) in [4.78, 5) is 1.42. The van der Waals surface area contributed by atoms with Gasteiger partial charge in [0.2, 0.25) is 0 Å². The molecular formula is C14H12S2. The third-order valence-electron chi connectivity index (χ3n) is 2.68. The molecule has 0 radical (unpaired) electrons. The first kappa shape index (κ1) is 10.3. The Morgan fingerprint density at radius 3 is 2.69 bits per heavy atom. The molecule has 1 aliphatic heterocycles. The van der Waals surface area contributed by atoms with Crippen molar-refractivity contribution in [2.24, 2.45) is 0 Å². The zero-order valence-electron chi connectivity index (χ0n) is 8.85. The van der Waals surface area contributed by atoms with Crippen molar-refractivity contribution in [2.75, 3.05) is 0 Å². The highest BCUT2D eigenvalue weighted by Gasteiger charge is 2.16. The maximum Gasteiger partial charge on any atom is 0.0496 e. The minimum atomic E-state index is 1.09. The van der Waals surface area contributed by atoms with E-state index in [9.17, 15) is 0 Å². The van der Waals surface area contributed by atoms with Crippen molar-refractivity contribution in [1.29, 1.82) is 0 Å². The van der Waals surface area contributed by atoms with Crippen molar-refractivity contribution in [3.05, 3.63) is 68.2 Å². The normalized spacial score (nSPS) is 25.2. The van der Waals surface area contributed by atoms with Crippen LogP contribution >= 0.6 is 23.5 Å². The number of hydrogen-bond acceptors (Lipinski definition) is 2. The van der Waals surface area contributed by atoms with Crippen LogP contribution in [0.1, 0.15) is 12.8 Å². The average molecular weight is 244 g/mol. The molecule has 0 spiro atoms. The van der Waals surface area contributed by atoms with Gasteiger partial charge in [0.05, 0.1) is 0 Å². The summed E-state index contributed by atoms with van der Waals surface area (Å²) in [6.45, 7) is 0. The second-order valence-electron chi connectivity index (χ2n) is 3.86. The lowest BCUT2D eigenvalue weighted by Crippen LogP contribution is -1.77. The Balaban J connectivity index is 1.67. The summed E-state index contributed by atoms with van der Waals surface area (Å²) in [5.41, 5.74) is 2.88. The van der Waals surface area contributed by atoms with E-state index in [0.717, 1.165) is 12.8 Å². The standard InChI is InChI=1S/C14H12S2/c1-2-6-11(5-1)9-14-15-10-13(16-14)12-7-3-4-8-12/h1-5,7,9-10H,6,8H2/b14-9+. The van der Waals surface area contributed by atoms with Crippen LogP contribution in [0, 0.1) is 0 Å². The molecule has 16 heavy (non-hydrogen) atoms. The number of thioether (sulfide) groups is 2. The van der Waals surface area contributed by atoms with Gasteiger partial charge in [-0.3, -0.25) is 0 Å². The summed E-state index contributed by atoms with van der Waals surface area (Å²) in [6.07, 6.45) is 17.6. The van der Waals surface area contributed by atoms with Crippen LogP contribution in [0.3, 0.4) is 0 Å². The Morgan fingerprint density at radius 2 is 1.94 bits per heavy atom. The lowest BCUT2D eigenvalue weighted by molar-refractivity contribution is 1.32. The van der Waals surface area contributed by atoms with E-state index in [4.69, 9.17) is 0 Å². The van der Waals surface area contributed by atoms with Crippen LogP contribution in [0.25, 0.3) is 0 Å². The van der Waals surface area contributed by atoms with Crippen LogP contribution in [-0.4, -0.2) is 0 Å². The van der Waals surface area contributed by atoms with Gasteiger partial charge < -0.3 is 0 Å². The molecule has 0 aromatic heterocycles. The largest absolute Gasteiger partial charge is 0.0895 e. The summed E-state index contributed by atoms with van der Waals surface area (Å²) < 4.78 is 1.40. The van der Waals surface area contributed by atoms with Gasteiger partial charge >= 0.3 is 0 Å². The summed E-state index contributed by atoms with van der Waals surface area (Å²) in [6, 6.07) is 0. The van der Waals surface area contributed by atoms with E-state index < -0.39 is 0 Å². The average Bonchev–Trinajstić information content (AvgIpc) is 2.99. The first-order valence-corrected chi connectivity index (χ1v) is 7.09. The van der Waals surface area contributed by atoms with Crippen LogP contribution < -0.4 is 0 Å². The molecule has 0 N–H and O–H groups in total. The van der Waals surface area contributed by atoms with E-state index in [1.54, 1.807) is 0 Å². The Kier molecular flexibility index (Phi) is 2.94. The molecule has 0 amide bonds. The first-order chi connectivity index (χ1) is 7.92. The van der Waals surface area contributed by atoms with E-state index in [2.05, 4.69) is 47.9 Å². The quantitative estimate of drug-likeness (QED) is 0.676. The lowest BCUT2D eigenvalue weighted by Gasteiger charge is -2.01. The molecule has 3 aliphatic rings.